The molecule has 8 heteroatoms. The second-order valence-electron chi connectivity index (χ2n) is 10.3. The van der Waals surface area contributed by atoms with E-state index in [1.54, 1.807) is 35.9 Å². The predicted octanol–water partition coefficient (Wildman–Crippen LogP) is 5.82. The Morgan fingerprint density at radius 2 is 1.55 bits per heavy atom. The highest BCUT2D eigenvalue weighted by atomic mass is 19.1. The van der Waals surface area contributed by atoms with Crippen molar-refractivity contribution in [2.75, 3.05) is 20.1 Å². The molecule has 0 radical (unpaired) electrons. The van der Waals surface area contributed by atoms with E-state index in [1.807, 2.05) is 74.5 Å². The van der Waals surface area contributed by atoms with Gasteiger partial charge in [0, 0.05) is 33.0 Å². The Morgan fingerprint density at radius 1 is 0.952 bits per heavy atom. The molecule has 0 spiro atoms. The number of piperazine rings is 1. The minimum absolute atomic E-state index is 0.0641. The number of benzene rings is 3. The molecule has 224 valence electrons. The van der Waals surface area contributed by atoms with Crippen LogP contribution in [-0.2, 0) is 22.6 Å². The SMILES string of the molecule is CC.CCC(=O)N1C(N(C)C(=O)NCc2ccc(F)cc2)CN(CC(C)c2ccccc2)C(=O)[C@@H]1Cc1ccccc1. The maximum Gasteiger partial charge on any atom is 0.319 e. The number of hydrogen-bond donors (Lipinski definition) is 1. The average Bonchev–Trinajstić information content (AvgIpc) is 3.03. The number of amides is 4. The molecule has 0 bridgehead atoms. The topological polar surface area (TPSA) is 73.0 Å². The van der Waals surface area contributed by atoms with Crippen molar-refractivity contribution in [1.29, 1.82) is 0 Å². The molecular weight excluding hydrogens is 531 g/mol. The molecule has 2 unspecified atom stereocenters. The average molecular weight is 575 g/mol. The van der Waals surface area contributed by atoms with Crippen molar-refractivity contribution < 1.29 is 18.8 Å². The zero-order valence-corrected chi connectivity index (χ0v) is 25.3. The second-order valence-corrected chi connectivity index (χ2v) is 10.3. The van der Waals surface area contributed by atoms with Gasteiger partial charge in [-0.3, -0.25) is 9.59 Å². The van der Waals surface area contributed by atoms with Crippen molar-refractivity contribution in [1.82, 2.24) is 20.0 Å². The normalized spacial score (nSPS) is 17.1. The fourth-order valence-electron chi connectivity index (χ4n) is 5.19. The quantitative estimate of drug-likeness (QED) is 0.350. The summed E-state index contributed by atoms with van der Waals surface area (Å²) in [6.45, 7) is 8.71. The molecule has 1 fully saturated rings. The monoisotopic (exact) mass is 574 g/mol. The first kappa shape index (κ1) is 32.3. The Labute approximate surface area is 249 Å². The van der Waals surface area contributed by atoms with Crippen molar-refractivity contribution in [2.24, 2.45) is 0 Å². The van der Waals surface area contributed by atoms with Gasteiger partial charge in [0.25, 0.3) is 0 Å². The highest BCUT2D eigenvalue weighted by molar-refractivity contribution is 5.90. The summed E-state index contributed by atoms with van der Waals surface area (Å²) < 4.78 is 13.3. The van der Waals surface area contributed by atoms with Crippen molar-refractivity contribution in [3.05, 3.63) is 107 Å². The number of carbonyl (C=O) groups excluding carboxylic acids is 3. The lowest BCUT2D eigenvalue weighted by Crippen LogP contribution is -2.69. The lowest BCUT2D eigenvalue weighted by molar-refractivity contribution is -0.161. The summed E-state index contributed by atoms with van der Waals surface area (Å²) in [6, 6.07) is 24.4. The van der Waals surface area contributed by atoms with Gasteiger partial charge in [0.1, 0.15) is 18.0 Å². The molecule has 1 heterocycles. The molecule has 3 atom stereocenters. The van der Waals surface area contributed by atoms with Gasteiger partial charge >= 0.3 is 6.03 Å². The standard InChI is InChI=1S/C32H37FN4O3.C2H6/c1-4-30(38)37-28(19-24-11-7-5-8-12-24)31(39)36(21-23(2)26-13-9-6-10-14-26)22-29(37)35(3)32(40)34-20-25-15-17-27(33)18-16-25;1-2/h5-18,23,28-29H,4,19-22H2,1-3H3,(H,34,40);1-2H3/t23?,28-,29?;/m0./s1. The number of nitrogens with one attached hydrogen (secondary N) is 1. The fourth-order valence-corrected chi connectivity index (χ4v) is 5.19. The van der Waals surface area contributed by atoms with Crippen LogP contribution in [0.3, 0.4) is 0 Å². The second kappa shape index (κ2) is 15.7. The van der Waals surface area contributed by atoms with Crippen molar-refractivity contribution in [2.45, 2.75) is 65.2 Å². The third-order valence-corrected chi connectivity index (χ3v) is 7.49. The predicted molar refractivity (Wildman–Crippen MR) is 164 cm³/mol. The summed E-state index contributed by atoms with van der Waals surface area (Å²) in [7, 11) is 1.65. The molecule has 4 rings (SSSR count). The number of likely N-dealkylation sites (N-methyl/N-ethyl adjacent to an activating group) is 1. The number of carbonyl (C=O) groups is 3. The van der Waals surface area contributed by atoms with E-state index >= 15 is 0 Å². The van der Waals surface area contributed by atoms with E-state index < -0.39 is 12.2 Å². The number of hydrogen-bond acceptors (Lipinski definition) is 3. The van der Waals surface area contributed by atoms with Crippen molar-refractivity contribution in [3.8, 4) is 0 Å². The van der Waals surface area contributed by atoms with Crippen LogP contribution in [0.15, 0.2) is 84.9 Å². The molecule has 3 aromatic carbocycles. The Balaban J connectivity index is 0.00000237. The van der Waals surface area contributed by atoms with Gasteiger partial charge in [0.15, 0.2) is 0 Å². The number of halogens is 1. The first-order valence-corrected chi connectivity index (χ1v) is 14.7. The molecule has 7 nitrogen and oxygen atoms in total. The van der Waals surface area contributed by atoms with Gasteiger partial charge in [-0.25, -0.2) is 9.18 Å². The summed E-state index contributed by atoms with van der Waals surface area (Å²) in [5, 5.41) is 2.87. The minimum Gasteiger partial charge on any atom is -0.336 e. The summed E-state index contributed by atoms with van der Waals surface area (Å²) in [5.41, 5.74) is 2.81. The third-order valence-electron chi connectivity index (χ3n) is 7.49. The van der Waals surface area contributed by atoms with Gasteiger partial charge < -0.3 is 20.0 Å². The molecule has 4 amide bonds. The van der Waals surface area contributed by atoms with E-state index in [-0.39, 0.29) is 49.1 Å². The maximum atomic E-state index is 14.0. The van der Waals surface area contributed by atoms with E-state index in [4.69, 9.17) is 0 Å². The molecule has 0 saturated carbocycles. The Hall–Kier alpha value is -4.20. The first-order chi connectivity index (χ1) is 20.3. The van der Waals surface area contributed by atoms with Gasteiger partial charge in [-0.2, -0.15) is 0 Å². The van der Waals surface area contributed by atoms with Gasteiger partial charge in [-0.05, 0) is 34.7 Å². The summed E-state index contributed by atoms with van der Waals surface area (Å²) in [5.74, 6) is -0.589. The molecule has 3 aromatic rings. The highest BCUT2D eigenvalue weighted by Crippen LogP contribution is 2.26. The molecule has 1 aliphatic rings. The maximum absolute atomic E-state index is 14.0. The van der Waals surface area contributed by atoms with Crippen LogP contribution in [0.4, 0.5) is 9.18 Å². The molecule has 1 aliphatic heterocycles. The van der Waals surface area contributed by atoms with Crippen LogP contribution >= 0.6 is 0 Å². The summed E-state index contributed by atoms with van der Waals surface area (Å²) >= 11 is 0. The number of rotatable bonds is 9. The Kier molecular flexibility index (Phi) is 12.1. The van der Waals surface area contributed by atoms with Crippen LogP contribution < -0.4 is 5.32 Å². The van der Waals surface area contributed by atoms with E-state index in [1.165, 1.54) is 17.0 Å². The molecule has 0 aliphatic carbocycles. The van der Waals surface area contributed by atoms with Crippen molar-refractivity contribution >= 4 is 17.8 Å². The van der Waals surface area contributed by atoms with Gasteiger partial charge in [-0.15, -0.1) is 0 Å². The molecular formula is C34H43FN4O3. The van der Waals surface area contributed by atoms with E-state index in [9.17, 15) is 18.8 Å². The zero-order chi connectivity index (χ0) is 30.6. The molecule has 42 heavy (non-hydrogen) atoms. The van der Waals surface area contributed by atoms with Crippen LogP contribution in [0.1, 0.15) is 56.7 Å². The number of urea groups is 1. The Bertz CT molecular complexity index is 1290. The largest absolute Gasteiger partial charge is 0.336 e. The van der Waals surface area contributed by atoms with Gasteiger partial charge in [0.05, 0.1) is 6.54 Å². The third kappa shape index (κ3) is 8.18. The smallest absolute Gasteiger partial charge is 0.319 e. The van der Waals surface area contributed by atoms with Crippen LogP contribution in [-0.4, -0.2) is 64.9 Å². The molecule has 1 N–H and O–H groups in total. The highest BCUT2D eigenvalue weighted by Gasteiger charge is 2.45. The Morgan fingerprint density at radius 3 is 2.14 bits per heavy atom. The summed E-state index contributed by atoms with van der Waals surface area (Å²) in [6.07, 6.45) is -0.0981. The first-order valence-electron chi connectivity index (χ1n) is 14.7. The lowest BCUT2D eigenvalue weighted by atomic mass is 9.96. The van der Waals surface area contributed by atoms with Gasteiger partial charge in [-0.1, -0.05) is 100 Å². The molecule has 0 aromatic heterocycles. The van der Waals surface area contributed by atoms with Crippen LogP contribution in [0.5, 0.6) is 0 Å². The molecule has 1 saturated heterocycles. The fraction of sp³-hybridized carbons (Fsp3) is 0.382. The van der Waals surface area contributed by atoms with E-state index in [0.29, 0.717) is 13.0 Å². The van der Waals surface area contributed by atoms with Crippen LogP contribution in [0, 0.1) is 5.82 Å². The van der Waals surface area contributed by atoms with Crippen molar-refractivity contribution in [3.63, 3.8) is 0 Å². The zero-order valence-electron chi connectivity index (χ0n) is 25.3. The van der Waals surface area contributed by atoms with E-state index in [0.717, 1.165) is 16.7 Å². The van der Waals surface area contributed by atoms with Gasteiger partial charge in [0.2, 0.25) is 11.8 Å². The minimum atomic E-state index is -0.746. The lowest BCUT2D eigenvalue weighted by Gasteiger charge is -2.49. The van der Waals surface area contributed by atoms with Crippen LogP contribution in [0.25, 0.3) is 0 Å². The van der Waals surface area contributed by atoms with Crippen LogP contribution in [0.2, 0.25) is 0 Å². The number of nitrogens with zero attached hydrogens (tertiary/aromatic N) is 3. The van der Waals surface area contributed by atoms with E-state index in [2.05, 4.69) is 12.2 Å². The summed E-state index contributed by atoms with van der Waals surface area (Å²) in [4.78, 5) is 45.6.